The van der Waals surface area contributed by atoms with Crippen molar-refractivity contribution < 1.29 is 19.1 Å². The zero-order valence-corrected chi connectivity index (χ0v) is 14.2. The molecule has 2 aliphatic rings. The number of benzene rings is 1. The summed E-state index contributed by atoms with van der Waals surface area (Å²) in [5, 5.41) is 2.81. The first-order valence-electron chi connectivity index (χ1n) is 8.59. The lowest BCUT2D eigenvalue weighted by molar-refractivity contribution is -0.152. The van der Waals surface area contributed by atoms with Gasteiger partial charge in [0.2, 0.25) is 5.91 Å². The Kier molecular flexibility index (Phi) is 5.16. The van der Waals surface area contributed by atoms with Crippen molar-refractivity contribution in [3.05, 3.63) is 36.4 Å². The molecule has 0 aromatic heterocycles. The largest absolute Gasteiger partial charge is 0.455 e. The molecule has 0 saturated heterocycles. The van der Waals surface area contributed by atoms with E-state index in [1.54, 1.807) is 23.1 Å². The molecule has 1 aliphatic heterocycles. The summed E-state index contributed by atoms with van der Waals surface area (Å²) in [6.07, 6.45) is 6.50. The molecule has 3 rings (SSSR count). The number of anilines is 2. The molecule has 132 valence electrons. The van der Waals surface area contributed by atoms with E-state index in [1.165, 1.54) is 0 Å². The highest BCUT2D eigenvalue weighted by Gasteiger charge is 2.30. The van der Waals surface area contributed by atoms with E-state index < -0.39 is 0 Å². The number of fused-ring (bicyclic) bond motifs is 1. The van der Waals surface area contributed by atoms with Crippen molar-refractivity contribution in [2.45, 2.75) is 38.6 Å². The highest BCUT2D eigenvalue weighted by atomic mass is 16.5. The Morgan fingerprint density at radius 2 is 2.08 bits per heavy atom. The molecule has 0 spiro atoms. The van der Waals surface area contributed by atoms with Gasteiger partial charge in [-0.15, -0.1) is 0 Å². The molecular formula is C19H22N2O4. The maximum absolute atomic E-state index is 12.7. The van der Waals surface area contributed by atoms with Gasteiger partial charge in [0.25, 0.3) is 5.91 Å². The number of allylic oxidation sites excluding steroid dienone is 2. The molecule has 1 aromatic rings. The highest BCUT2D eigenvalue weighted by Crippen LogP contribution is 2.31. The van der Waals surface area contributed by atoms with Crippen LogP contribution in [-0.4, -0.2) is 30.4 Å². The van der Waals surface area contributed by atoms with Gasteiger partial charge in [0.15, 0.2) is 6.61 Å². The second-order valence-corrected chi connectivity index (χ2v) is 6.47. The van der Waals surface area contributed by atoms with E-state index in [1.807, 2.05) is 19.1 Å². The summed E-state index contributed by atoms with van der Waals surface area (Å²) in [6.45, 7) is 1.50. The molecule has 0 saturated carbocycles. The standard InChI is InChI=1S/C19H22N2O4/c1-13-11-17(22)20-15-9-5-6-10-16(15)21(13)18(23)12-25-19(24)14-7-3-2-4-8-14/h2-3,5-6,9-10,13-14H,4,7-8,11-12H2,1H3,(H,20,22)/t13-,14-/m1/s1. The summed E-state index contributed by atoms with van der Waals surface area (Å²) in [7, 11) is 0. The van der Waals surface area contributed by atoms with Crippen molar-refractivity contribution >= 4 is 29.2 Å². The van der Waals surface area contributed by atoms with Crippen molar-refractivity contribution in [1.82, 2.24) is 0 Å². The number of carbonyl (C=O) groups is 3. The highest BCUT2D eigenvalue weighted by molar-refractivity contribution is 6.05. The van der Waals surface area contributed by atoms with Crippen molar-refractivity contribution in [2.24, 2.45) is 5.92 Å². The van der Waals surface area contributed by atoms with E-state index in [-0.39, 0.29) is 42.8 Å². The van der Waals surface area contributed by atoms with Gasteiger partial charge in [-0.25, -0.2) is 0 Å². The first kappa shape index (κ1) is 17.2. The van der Waals surface area contributed by atoms with E-state index in [0.717, 1.165) is 12.8 Å². The van der Waals surface area contributed by atoms with Crippen LogP contribution < -0.4 is 10.2 Å². The molecule has 1 aromatic carbocycles. The third-order valence-electron chi connectivity index (χ3n) is 4.57. The molecule has 25 heavy (non-hydrogen) atoms. The van der Waals surface area contributed by atoms with E-state index in [0.29, 0.717) is 17.8 Å². The molecule has 1 N–H and O–H groups in total. The number of nitrogens with zero attached hydrogens (tertiary/aromatic N) is 1. The van der Waals surface area contributed by atoms with Crippen LogP contribution in [0.25, 0.3) is 0 Å². The summed E-state index contributed by atoms with van der Waals surface area (Å²) < 4.78 is 5.26. The summed E-state index contributed by atoms with van der Waals surface area (Å²) in [4.78, 5) is 38.4. The molecule has 0 fully saturated rings. The predicted octanol–water partition coefficient (Wildman–Crippen LogP) is 2.65. The van der Waals surface area contributed by atoms with Crippen LogP contribution in [-0.2, 0) is 19.1 Å². The quantitative estimate of drug-likeness (QED) is 0.677. The van der Waals surface area contributed by atoms with Crippen molar-refractivity contribution in [1.29, 1.82) is 0 Å². The minimum Gasteiger partial charge on any atom is -0.455 e. The van der Waals surface area contributed by atoms with Crippen LogP contribution in [0, 0.1) is 5.92 Å². The second kappa shape index (κ2) is 7.51. The Morgan fingerprint density at radius 1 is 1.28 bits per heavy atom. The molecule has 0 bridgehead atoms. The molecule has 1 heterocycles. The third-order valence-corrected chi connectivity index (χ3v) is 4.57. The molecular weight excluding hydrogens is 320 g/mol. The fourth-order valence-corrected chi connectivity index (χ4v) is 3.30. The number of ether oxygens (including phenoxy) is 1. The van der Waals surface area contributed by atoms with Gasteiger partial charge in [-0.2, -0.15) is 0 Å². The van der Waals surface area contributed by atoms with Crippen LogP contribution in [0.2, 0.25) is 0 Å². The maximum atomic E-state index is 12.7. The minimum absolute atomic E-state index is 0.138. The summed E-state index contributed by atoms with van der Waals surface area (Å²) in [5.41, 5.74) is 1.22. The fourth-order valence-electron chi connectivity index (χ4n) is 3.30. The maximum Gasteiger partial charge on any atom is 0.309 e. The smallest absolute Gasteiger partial charge is 0.309 e. The first-order valence-corrected chi connectivity index (χ1v) is 8.59. The summed E-state index contributed by atoms with van der Waals surface area (Å²) in [6, 6.07) is 6.83. The third kappa shape index (κ3) is 3.90. The molecule has 2 amide bonds. The van der Waals surface area contributed by atoms with Gasteiger partial charge in [0.05, 0.1) is 17.3 Å². The Bertz CT molecular complexity index is 713. The number of carbonyl (C=O) groups excluding carboxylic acids is 3. The van der Waals surface area contributed by atoms with Gasteiger partial charge in [-0.1, -0.05) is 24.3 Å². The van der Waals surface area contributed by atoms with E-state index in [9.17, 15) is 14.4 Å². The molecule has 6 heteroatoms. The lowest BCUT2D eigenvalue weighted by Crippen LogP contribution is -2.41. The van der Waals surface area contributed by atoms with Gasteiger partial charge in [0.1, 0.15) is 0 Å². The van der Waals surface area contributed by atoms with Crippen LogP contribution >= 0.6 is 0 Å². The fraction of sp³-hybridized carbons (Fsp3) is 0.421. The van der Waals surface area contributed by atoms with Crippen LogP contribution in [0.5, 0.6) is 0 Å². The SMILES string of the molecule is C[C@@H]1CC(=O)Nc2ccccc2N1C(=O)COC(=O)[C@@H]1CC=CCC1. The lowest BCUT2D eigenvalue weighted by atomic mass is 9.95. The van der Waals surface area contributed by atoms with Gasteiger partial charge in [0, 0.05) is 12.5 Å². The number of esters is 1. The van der Waals surface area contributed by atoms with Crippen molar-refractivity contribution in [2.75, 3.05) is 16.8 Å². The van der Waals surface area contributed by atoms with E-state index in [2.05, 4.69) is 11.4 Å². The van der Waals surface area contributed by atoms with Crippen molar-refractivity contribution in [3.8, 4) is 0 Å². The van der Waals surface area contributed by atoms with E-state index >= 15 is 0 Å². The zero-order valence-electron chi connectivity index (χ0n) is 14.2. The Labute approximate surface area is 146 Å². The predicted molar refractivity (Wildman–Crippen MR) is 94.1 cm³/mol. The average molecular weight is 342 g/mol. The summed E-state index contributed by atoms with van der Waals surface area (Å²) >= 11 is 0. The zero-order chi connectivity index (χ0) is 17.8. The van der Waals surface area contributed by atoms with Crippen LogP contribution in [0.15, 0.2) is 36.4 Å². The van der Waals surface area contributed by atoms with Crippen molar-refractivity contribution in [3.63, 3.8) is 0 Å². The first-order chi connectivity index (χ1) is 12.1. The number of rotatable bonds is 3. The minimum atomic E-state index is -0.331. The number of hydrogen-bond donors (Lipinski definition) is 1. The number of hydrogen-bond acceptors (Lipinski definition) is 4. The molecule has 0 radical (unpaired) electrons. The lowest BCUT2D eigenvalue weighted by Gasteiger charge is -2.28. The second-order valence-electron chi connectivity index (χ2n) is 6.47. The van der Waals surface area contributed by atoms with Crippen LogP contribution in [0.3, 0.4) is 0 Å². The van der Waals surface area contributed by atoms with Crippen LogP contribution in [0.4, 0.5) is 11.4 Å². The Hall–Kier alpha value is -2.63. The van der Waals surface area contributed by atoms with Gasteiger partial charge < -0.3 is 15.0 Å². The molecule has 2 atom stereocenters. The molecule has 1 aliphatic carbocycles. The summed E-state index contributed by atoms with van der Waals surface area (Å²) in [5.74, 6) is -0.963. The number of nitrogens with one attached hydrogen (secondary N) is 1. The van der Waals surface area contributed by atoms with E-state index in [4.69, 9.17) is 4.74 Å². The van der Waals surface area contributed by atoms with Crippen LogP contribution in [0.1, 0.15) is 32.6 Å². The average Bonchev–Trinajstić information content (AvgIpc) is 2.74. The van der Waals surface area contributed by atoms with Gasteiger partial charge in [-0.05, 0) is 38.3 Å². The van der Waals surface area contributed by atoms with Gasteiger partial charge >= 0.3 is 5.97 Å². The number of amides is 2. The monoisotopic (exact) mass is 342 g/mol. The topological polar surface area (TPSA) is 75.7 Å². The Balaban J connectivity index is 1.71. The molecule has 6 nitrogen and oxygen atoms in total. The normalized spacial score (nSPS) is 22.6. The van der Waals surface area contributed by atoms with Gasteiger partial charge in [-0.3, -0.25) is 14.4 Å². The Morgan fingerprint density at radius 3 is 2.84 bits per heavy atom. The molecule has 0 unspecified atom stereocenters. The number of para-hydroxylation sites is 2.